The van der Waals surface area contributed by atoms with Crippen LogP contribution in [0.3, 0.4) is 0 Å². The van der Waals surface area contributed by atoms with Gasteiger partial charge in [0.1, 0.15) is 11.2 Å². The number of nitrogens with zero attached hydrogens (tertiary/aromatic N) is 3. The Morgan fingerprint density at radius 1 is 0.857 bits per heavy atom. The van der Waals surface area contributed by atoms with Crippen molar-refractivity contribution in [3.05, 3.63) is 101 Å². The van der Waals surface area contributed by atoms with E-state index in [2.05, 4.69) is 46.4 Å². The van der Waals surface area contributed by atoms with Crippen LogP contribution in [0, 0.1) is 6.92 Å². The van der Waals surface area contributed by atoms with Gasteiger partial charge in [0.2, 0.25) is 0 Å². The molecule has 0 fully saturated rings. The molecule has 2 aromatic heterocycles. The third-order valence-corrected chi connectivity index (χ3v) is 4.98. The Kier molecular flexibility index (Phi) is 3.76. The van der Waals surface area contributed by atoms with Gasteiger partial charge in [-0.3, -0.25) is 9.36 Å². The van der Waals surface area contributed by atoms with Crippen LogP contribution in [0.25, 0.3) is 38.8 Å². The molecular weight excluding hydrogens is 346 g/mol. The van der Waals surface area contributed by atoms with E-state index in [0.29, 0.717) is 16.9 Å². The SMILES string of the molecule is Cc1nc2cccnc2n(-c2cccc(-c3cccc4ccccc34)c2)c1=O. The maximum atomic E-state index is 12.9. The van der Waals surface area contributed by atoms with Gasteiger partial charge in [-0.1, -0.05) is 54.6 Å². The third-order valence-electron chi connectivity index (χ3n) is 4.98. The van der Waals surface area contributed by atoms with Crippen LogP contribution in [0.1, 0.15) is 5.69 Å². The summed E-state index contributed by atoms with van der Waals surface area (Å²) in [7, 11) is 0. The first kappa shape index (κ1) is 16.4. The normalized spacial score (nSPS) is 11.2. The van der Waals surface area contributed by atoms with Gasteiger partial charge in [0.05, 0.1) is 5.69 Å². The lowest BCUT2D eigenvalue weighted by Gasteiger charge is -2.12. The zero-order valence-electron chi connectivity index (χ0n) is 15.3. The first-order valence-corrected chi connectivity index (χ1v) is 9.15. The molecule has 28 heavy (non-hydrogen) atoms. The highest BCUT2D eigenvalue weighted by atomic mass is 16.1. The van der Waals surface area contributed by atoms with Crippen LogP contribution in [0.5, 0.6) is 0 Å². The molecule has 0 atom stereocenters. The Labute approximate surface area is 161 Å². The van der Waals surface area contributed by atoms with Crippen LogP contribution in [-0.4, -0.2) is 14.5 Å². The lowest BCUT2D eigenvalue weighted by Crippen LogP contribution is -2.23. The number of hydrogen-bond acceptors (Lipinski definition) is 3. The molecule has 2 heterocycles. The summed E-state index contributed by atoms with van der Waals surface area (Å²) in [4.78, 5) is 21.7. The number of aryl methyl sites for hydroxylation is 1. The van der Waals surface area contributed by atoms with E-state index in [1.54, 1.807) is 17.7 Å². The number of pyridine rings is 1. The molecule has 0 amide bonds. The fraction of sp³-hybridized carbons (Fsp3) is 0.0417. The maximum Gasteiger partial charge on any atom is 0.278 e. The molecule has 0 aliphatic carbocycles. The third kappa shape index (κ3) is 2.58. The van der Waals surface area contributed by atoms with Crippen molar-refractivity contribution in [2.24, 2.45) is 0 Å². The van der Waals surface area contributed by atoms with Gasteiger partial charge in [-0.15, -0.1) is 0 Å². The van der Waals surface area contributed by atoms with Gasteiger partial charge < -0.3 is 0 Å². The smallest absolute Gasteiger partial charge is 0.267 e. The second kappa shape index (κ2) is 6.43. The van der Waals surface area contributed by atoms with Gasteiger partial charge in [0, 0.05) is 6.20 Å². The molecule has 0 aliphatic rings. The lowest BCUT2D eigenvalue weighted by molar-refractivity contribution is 0.959. The molecule has 0 saturated carbocycles. The number of aromatic nitrogens is 3. The fourth-order valence-corrected chi connectivity index (χ4v) is 3.66. The fourth-order valence-electron chi connectivity index (χ4n) is 3.66. The second-order valence-electron chi connectivity index (χ2n) is 6.76. The van der Waals surface area contributed by atoms with E-state index in [4.69, 9.17) is 0 Å². The predicted molar refractivity (Wildman–Crippen MR) is 113 cm³/mol. The molecule has 134 valence electrons. The first-order chi connectivity index (χ1) is 13.7. The van der Waals surface area contributed by atoms with Gasteiger partial charge in [0.15, 0.2) is 5.65 Å². The van der Waals surface area contributed by atoms with E-state index >= 15 is 0 Å². The second-order valence-corrected chi connectivity index (χ2v) is 6.76. The van der Waals surface area contributed by atoms with Crippen molar-refractivity contribution < 1.29 is 0 Å². The Hall–Kier alpha value is -3.79. The van der Waals surface area contributed by atoms with Gasteiger partial charge >= 0.3 is 0 Å². The van der Waals surface area contributed by atoms with Crippen LogP contribution in [0.4, 0.5) is 0 Å². The Morgan fingerprint density at radius 2 is 1.68 bits per heavy atom. The predicted octanol–water partition coefficient (Wildman–Crippen LogP) is 4.91. The molecule has 0 spiro atoms. The van der Waals surface area contributed by atoms with E-state index in [1.165, 1.54) is 10.8 Å². The zero-order valence-corrected chi connectivity index (χ0v) is 15.3. The largest absolute Gasteiger partial charge is 0.278 e. The molecule has 0 N–H and O–H groups in total. The molecule has 3 aromatic carbocycles. The number of rotatable bonds is 2. The van der Waals surface area contributed by atoms with Crippen LogP contribution >= 0.6 is 0 Å². The van der Waals surface area contributed by atoms with Crippen LogP contribution < -0.4 is 5.56 Å². The molecule has 0 radical (unpaired) electrons. The molecular formula is C24H17N3O. The standard InChI is InChI=1S/C24H17N3O/c1-16-24(28)27(23-22(26-16)13-6-14-25-23)19-10-4-9-18(15-19)21-12-5-8-17-7-2-3-11-20(17)21/h2-15H,1H3. The highest BCUT2D eigenvalue weighted by Crippen LogP contribution is 2.30. The minimum Gasteiger partial charge on any atom is -0.267 e. The van der Waals surface area contributed by atoms with E-state index in [0.717, 1.165) is 16.8 Å². The average Bonchev–Trinajstić information content (AvgIpc) is 2.74. The number of fused-ring (bicyclic) bond motifs is 2. The quantitative estimate of drug-likeness (QED) is 0.448. The Balaban J connectivity index is 1.78. The number of hydrogen-bond donors (Lipinski definition) is 0. The average molecular weight is 363 g/mol. The molecule has 0 unspecified atom stereocenters. The van der Waals surface area contributed by atoms with Crippen LogP contribution in [-0.2, 0) is 0 Å². The summed E-state index contributed by atoms with van der Waals surface area (Å²) in [6.45, 7) is 1.74. The molecule has 4 heteroatoms. The summed E-state index contributed by atoms with van der Waals surface area (Å²) in [5, 5.41) is 2.37. The monoisotopic (exact) mass is 363 g/mol. The summed E-state index contributed by atoms with van der Waals surface area (Å²) in [6.07, 6.45) is 1.68. The molecule has 4 nitrogen and oxygen atoms in total. The minimum absolute atomic E-state index is 0.152. The van der Waals surface area contributed by atoms with Crippen molar-refractivity contribution in [3.8, 4) is 16.8 Å². The topological polar surface area (TPSA) is 47.8 Å². The summed E-state index contributed by atoms with van der Waals surface area (Å²) in [5.41, 5.74) is 4.54. The summed E-state index contributed by atoms with van der Waals surface area (Å²) in [6, 6.07) is 26.3. The summed E-state index contributed by atoms with van der Waals surface area (Å²) < 4.78 is 1.65. The van der Waals surface area contributed by atoms with Gasteiger partial charge in [-0.05, 0) is 53.1 Å². The Bertz CT molecular complexity index is 1400. The molecule has 0 saturated heterocycles. The van der Waals surface area contributed by atoms with Crippen molar-refractivity contribution >= 4 is 21.9 Å². The van der Waals surface area contributed by atoms with E-state index in [1.807, 2.05) is 42.5 Å². The highest BCUT2D eigenvalue weighted by molar-refractivity contribution is 5.96. The van der Waals surface area contributed by atoms with Crippen molar-refractivity contribution in [2.45, 2.75) is 6.92 Å². The molecule has 5 aromatic rings. The van der Waals surface area contributed by atoms with Crippen molar-refractivity contribution in [1.29, 1.82) is 0 Å². The molecule has 5 rings (SSSR count). The van der Waals surface area contributed by atoms with Gasteiger partial charge in [0.25, 0.3) is 5.56 Å². The van der Waals surface area contributed by atoms with Crippen molar-refractivity contribution in [2.75, 3.05) is 0 Å². The number of benzene rings is 3. The maximum absolute atomic E-state index is 12.9. The highest BCUT2D eigenvalue weighted by Gasteiger charge is 2.12. The Morgan fingerprint density at radius 3 is 2.61 bits per heavy atom. The summed E-state index contributed by atoms with van der Waals surface area (Å²) in [5.74, 6) is 0. The van der Waals surface area contributed by atoms with Crippen LogP contribution in [0.15, 0.2) is 89.9 Å². The van der Waals surface area contributed by atoms with Gasteiger partial charge in [-0.25, -0.2) is 9.97 Å². The first-order valence-electron chi connectivity index (χ1n) is 9.15. The molecule has 0 bridgehead atoms. The van der Waals surface area contributed by atoms with Crippen molar-refractivity contribution in [3.63, 3.8) is 0 Å². The van der Waals surface area contributed by atoms with E-state index in [-0.39, 0.29) is 5.56 Å². The van der Waals surface area contributed by atoms with Crippen LogP contribution in [0.2, 0.25) is 0 Å². The van der Waals surface area contributed by atoms with E-state index < -0.39 is 0 Å². The zero-order chi connectivity index (χ0) is 19.1. The minimum atomic E-state index is -0.152. The van der Waals surface area contributed by atoms with E-state index in [9.17, 15) is 4.79 Å². The summed E-state index contributed by atoms with van der Waals surface area (Å²) >= 11 is 0. The van der Waals surface area contributed by atoms with Crippen molar-refractivity contribution in [1.82, 2.24) is 14.5 Å². The lowest BCUT2D eigenvalue weighted by atomic mass is 9.98. The molecule has 0 aliphatic heterocycles. The van der Waals surface area contributed by atoms with Gasteiger partial charge in [-0.2, -0.15) is 0 Å².